The van der Waals surface area contributed by atoms with Crippen LogP contribution >= 0.6 is 0 Å². The summed E-state index contributed by atoms with van der Waals surface area (Å²) >= 11 is 0. The summed E-state index contributed by atoms with van der Waals surface area (Å²) in [5, 5.41) is 2.41. The van der Waals surface area contributed by atoms with Crippen molar-refractivity contribution in [2.75, 3.05) is 20.8 Å². The van der Waals surface area contributed by atoms with E-state index in [0.29, 0.717) is 11.1 Å². The highest BCUT2D eigenvalue weighted by atomic mass is 19.1. The Balaban J connectivity index is 1.98. The number of hydrogen-bond donors (Lipinski definition) is 1. The van der Waals surface area contributed by atoms with E-state index in [4.69, 9.17) is 9.47 Å². The van der Waals surface area contributed by atoms with Gasteiger partial charge in [0.05, 0.1) is 7.11 Å². The fourth-order valence-corrected chi connectivity index (χ4v) is 2.54. The number of likely N-dealkylation sites (N-methyl/N-ethyl adjacent to an activating group) is 1. The molecule has 0 spiro atoms. The maximum Gasteiger partial charge on any atom is 0.355 e. The number of nitrogens with one attached hydrogen (secondary N) is 1. The summed E-state index contributed by atoms with van der Waals surface area (Å²) in [6.45, 7) is 0.856. The molecule has 0 heterocycles. The van der Waals surface area contributed by atoms with E-state index in [1.807, 2.05) is 6.07 Å². The summed E-state index contributed by atoms with van der Waals surface area (Å²) in [5.41, 5.74) is 1.16. The third kappa shape index (κ3) is 6.73. The molecule has 2 rings (SSSR count). The Kier molecular flexibility index (Phi) is 8.10. The fourth-order valence-electron chi connectivity index (χ4n) is 2.54. The maximum absolute atomic E-state index is 13.8. The van der Waals surface area contributed by atoms with E-state index in [9.17, 15) is 18.8 Å². The highest BCUT2D eigenvalue weighted by Crippen LogP contribution is 2.18. The van der Waals surface area contributed by atoms with E-state index in [-0.39, 0.29) is 18.0 Å². The first-order valence-corrected chi connectivity index (χ1v) is 9.08. The first-order chi connectivity index (χ1) is 14.3. The number of carbonyl (C=O) groups is 3. The van der Waals surface area contributed by atoms with Crippen molar-refractivity contribution in [1.29, 1.82) is 0 Å². The Morgan fingerprint density at radius 2 is 1.83 bits per heavy atom. The van der Waals surface area contributed by atoms with Gasteiger partial charge in [-0.1, -0.05) is 36.4 Å². The lowest BCUT2D eigenvalue weighted by molar-refractivity contribution is -0.149. The van der Waals surface area contributed by atoms with Crippen LogP contribution in [0.4, 0.5) is 4.39 Å². The second kappa shape index (κ2) is 10.8. The lowest BCUT2D eigenvalue weighted by atomic mass is 10.2. The van der Waals surface area contributed by atoms with Crippen molar-refractivity contribution in [3.05, 3.63) is 71.2 Å². The molecule has 0 atom stereocenters. The summed E-state index contributed by atoms with van der Waals surface area (Å²) in [6, 6.07) is 13.3. The molecule has 7 nitrogen and oxygen atoms in total. The zero-order valence-corrected chi connectivity index (χ0v) is 17.0. The van der Waals surface area contributed by atoms with Crippen LogP contribution in [0, 0.1) is 5.82 Å². The van der Waals surface area contributed by atoms with Crippen molar-refractivity contribution in [2.24, 2.45) is 0 Å². The maximum atomic E-state index is 13.8. The Bertz CT molecular complexity index is 944. The molecule has 30 heavy (non-hydrogen) atoms. The van der Waals surface area contributed by atoms with Crippen molar-refractivity contribution in [3.8, 4) is 5.75 Å². The molecule has 8 heteroatoms. The highest BCUT2D eigenvalue weighted by Gasteiger charge is 2.17. The summed E-state index contributed by atoms with van der Waals surface area (Å²) in [6.07, 6.45) is 1.46. The number of amides is 2. The van der Waals surface area contributed by atoms with E-state index < -0.39 is 30.2 Å². The molecule has 0 aliphatic carbocycles. The molecule has 0 bridgehead atoms. The number of ether oxygens (including phenoxy) is 2. The van der Waals surface area contributed by atoms with Gasteiger partial charge >= 0.3 is 5.97 Å². The molecule has 0 fully saturated rings. The molecule has 0 radical (unpaired) electrons. The zero-order chi connectivity index (χ0) is 22.1. The number of halogens is 1. The number of nitrogens with zero attached hydrogens (tertiary/aromatic N) is 1. The normalized spacial score (nSPS) is 10.9. The molecule has 0 saturated carbocycles. The van der Waals surface area contributed by atoms with Gasteiger partial charge in [0.1, 0.15) is 5.70 Å². The lowest BCUT2D eigenvalue weighted by Gasteiger charge is -2.18. The topological polar surface area (TPSA) is 84.9 Å². The van der Waals surface area contributed by atoms with Crippen LogP contribution in [-0.4, -0.2) is 43.4 Å². The molecule has 0 aromatic heterocycles. The smallest absolute Gasteiger partial charge is 0.355 e. The molecule has 0 saturated heterocycles. The average molecular weight is 414 g/mol. The summed E-state index contributed by atoms with van der Waals surface area (Å²) in [7, 11) is 2.87. The summed E-state index contributed by atoms with van der Waals surface area (Å²) in [5.74, 6) is -2.20. The minimum atomic E-state index is -0.841. The molecule has 0 unspecified atom stereocenters. The second-order valence-electron chi connectivity index (χ2n) is 6.44. The van der Waals surface area contributed by atoms with E-state index >= 15 is 0 Å². The quantitative estimate of drug-likeness (QED) is 0.530. The van der Waals surface area contributed by atoms with Gasteiger partial charge in [-0.25, -0.2) is 9.18 Å². The molecule has 2 aromatic carbocycles. The number of benzene rings is 2. The first-order valence-electron chi connectivity index (χ1n) is 9.08. The van der Waals surface area contributed by atoms with Crippen molar-refractivity contribution in [2.45, 2.75) is 13.5 Å². The Labute approximate surface area is 174 Å². The van der Waals surface area contributed by atoms with Crippen LogP contribution < -0.4 is 10.1 Å². The summed E-state index contributed by atoms with van der Waals surface area (Å²) in [4.78, 5) is 37.3. The van der Waals surface area contributed by atoms with E-state index in [1.165, 1.54) is 44.2 Å². The largest absolute Gasteiger partial charge is 0.494 e. The minimum absolute atomic E-state index is 0.0821. The molecule has 0 aliphatic heterocycles. The molecule has 2 amide bonds. The van der Waals surface area contributed by atoms with Crippen molar-refractivity contribution < 1.29 is 28.2 Å². The number of carbonyl (C=O) groups excluding carboxylic acids is 3. The van der Waals surface area contributed by atoms with Gasteiger partial charge in [0.15, 0.2) is 18.2 Å². The second-order valence-corrected chi connectivity index (χ2v) is 6.44. The molecular weight excluding hydrogens is 391 g/mol. The Morgan fingerprint density at radius 3 is 2.43 bits per heavy atom. The summed E-state index contributed by atoms with van der Waals surface area (Å²) < 4.78 is 23.7. The van der Waals surface area contributed by atoms with Gasteiger partial charge in [0, 0.05) is 20.5 Å². The van der Waals surface area contributed by atoms with Crippen LogP contribution in [0.1, 0.15) is 18.1 Å². The average Bonchev–Trinajstić information content (AvgIpc) is 2.71. The molecular formula is C22H23FN2O5. The van der Waals surface area contributed by atoms with Gasteiger partial charge in [-0.2, -0.15) is 0 Å². The van der Waals surface area contributed by atoms with Gasteiger partial charge in [-0.3, -0.25) is 9.59 Å². The number of methoxy groups -OCH3 is 1. The standard InChI is InChI=1S/C22H23FN2O5/c1-15(26)24-19(12-16-7-5-4-6-8-16)22(28)30-14-21(27)25(2)13-17-9-10-20(29-3)18(23)11-17/h4-12H,13-14H2,1-3H3,(H,24,26)/b19-12+. The van der Waals surface area contributed by atoms with Crippen LogP contribution in [0.2, 0.25) is 0 Å². The molecule has 158 valence electrons. The van der Waals surface area contributed by atoms with E-state index in [2.05, 4.69) is 5.32 Å². The van der Waals surface area contributed by atoms with Crippen LogP contribution in [0.25, 0.3) is 6.08 Å². The van der Waals surface area contributed by atoms with E-state index in [1.54, 1.807) is 30.3 Å². The highest BCUT2D eigenvalue weighted by molar-refractivity contribution is 5.98. The van der Waals surface area contributed by atoms with Gasteiger partial charge in [-0.15, -0.1) is 0 Å². The number of rotatable bonds is 8. The van der Waals surface area contributed by atoms with Crippen molar-refractivity contribution in [3.63, 3.8) is 0 Å². The SMILES string of the molecule is COc1ccc(CN(C)C(=O)COC(=O)/C(=C\c2ccccc2)NC(C)=O)cc1F. The predicted octanol–water partition coefficient (Wildman–Crippen LogP) is 2.51. The van der Waals surface area contributed by atoms with Crippen LogP contribution in [0.15, 0.2) is 54.2 Å². The minimum Gasteiger partial charge on any atom is -0.494 e. The van der Waals surface area contributed by atoms with Gasteiger partial charge in [0.25, 0.3) is 5.91 Å². The van der Waals surface area contributed by atoms with Gasteiger partial charge in [0.2, 0.25) is 5.91 Å². The van der Waals surface area contributed by atoms with Crippen LogP contribution in [-0.2, 0) is 25.7 Å². The predicted molar refractivity (Wildman–Crippen MR) is 109 cm³/mol. The van der Waals surface area contributed by atoms with Gasteiger partial charge < -0.3 is 19.7 Å². The van der Waals surface area contributed by atoms with Crippen LogP contribution in [0.3, 0.4) is 0 Å². The van der Waals surface area contributed by atoms with Gasteiger partial charge in [-0.05, 0) is 29.3 Å². The molecule has 0 aliphatic rings. The first kappa shape index (κ1) is 22.6. The van der Waals surface area contributed by atoms with Crippen LogP contribution in [0.5, 0.6) is 5.75 Å². The lowest BCUT2D eigenvalue weighted by Crippen LogP contribution is -2.33. The zero-order valence-electron chi connectivity index (χ0n) is 17.0. The van der Waals surface area contributed by atoms with Crippen molar-refractivity contribution >= 4 is 23.9 Å². The molecule has 1 N–H and O–H groups in total. The fraction of sp³-hybridized carbons (Fsp3) is 0.227. The molecule has 2 aromatic rings. The Hall–Kier alpha value is -3.68. The number of hydrogen-bond acceptors (Lipinski definition) is 5. The monoisotopic (exact) mass is 414 g/mol. The number of esters is 1. The Morgan fingerprint density at radius 1 is 1.13 bits per heavy atom. The third-order valence-electron chi connectivity index (χ3n) is 4.03. The van der Waals surface area contributed by atoms with E-state index in [0.717, 1.165) is 0 Å². The van der Waals surface area contributed by atoms with Crippen molar-refractivity contribution in [1.82, 2.24) is 10.2 Å². The third-order valence-corrected chi connectivity index (χ3v) is 4.03.